The van der Waals surface area contributed by atoms with Gasteiger partial charge in [-0.15, -0.1) is 0 Å². The van der Waals surface area contributed by atoms with Crippen molar-refractivity contribution in [1.82, 2.24) is 15.1 Å². The summed E-state index contributed by atoms with van der Waals surface area (Å²) in [7, 11) is -3.20. The van der Waals surface area contributed by atoms with E-state index < -0.39 is 21.9 Å². The Hall–Kier alpha value is -3.13. The van der Waals surface area contributed by atoms with Crippen LogP contribution in [0.5, 0.6) is 5.75 Å². The van der Waals surface area contributed by atoms with E-state index in [4.69, 9.17) is 0 Å². The molecule has 8 heteroatoms. The highest BCUT2D eigenvalue weighted by Gasteiger charge is 2.48. The van der Waals surface area contributed by atoms with Crippen LogP contribution in [0, 0.1) is 13.8 Å². The molecule has 1 saturated heterocycles. The minimum absolute atomic E-state index is 0.0277. The number of sulfone groups is 1. The number of carbonyl (C=O) groups excluding carboxylic acids is 1. The van der Waals surface area contributed by atoms with Crippen LogP contribution in [0.3, 0.4) is 0 Å². The van der Waals surface area contributed by atoms with Gasteiger partial charge in [0.05, 0.1) is 17.5 Å². The van der Waals surface area contributed by atoms with E-state index in [1.54, 1.807) is 4.90 Å². The number of phenols is 1. The summed E-state index contributed by atoms with van der Waals surface area (Å²) in [6.07, 6.45) is 0.409. The minimum Gasteiger partial charge on any atom is -0.507 e. The standard InChI is InChI=1S/C27H31N3O4S/c1-15-12-16(2)25(31)20(13-15)22-21-23(29-28-22)26(32)30(19-10-11-35(33,34)14-19)24(21)17-6-8-18(9-7-17)27(3,4)5/h6-9,12-13,19,24,31H,10-11,14H2,1-5H3,(H,28,29). The number of nitrogens with zero attached hydrogens (tertiary/aromatic N) is 2. The highest BCUT2D eigenvalue weighted by Crippen LogP contribution is 2.47. The summed E-state index contributed by atoms with van der Waals surface area (Å²) in [5, 5.41) is 18.3. The van der Waals surface area contributed by atoms with E-state index in [9.17, 15) is 18.3 Å². The molecule has 2 unspecified atom stereocenters. The number of aromatic hydroxyl groups is 1. The third-order valence-corrected chi connectivity index (χ3v) is 8.95. The third-order valence-electron chi connectivity index (χ3n) is 7.20. The fraction of sp³-hybridized carbons (Fsp3) is 0.407. The quantitative estimate of drug-likeness (QED) is 0.562. The molecule has 184 valence electrons. The molecule has 1 fully saturated rings. The number of aromatic amines is 1. The molecule has 35 heavy (non-hydrogen) atoms. The molecule has 2 N–H and O–H groups in total. The van der Waals surface area contributed by atoms with Crippen molar-refractivity contribution < 1.29 is 18.3 Å². The molecule has 0 saturated carbocycles. The molecule has 2 aliphatic rings. The molecule has 0 spiro atoms. The lowest BCUT2D eigenvalue weighted by atomic mass is 9.85. The van der Waals surface area contributed by atoms with Crippen LogP contribution >= 0.6 is 0 Å². The molecule has 2 aromatic carbocycles. The van der Waals surface area contributed by atoms with E-state index in [1.165, 1.54) is 5.56 Å². The Labute approximate surface area is 206 Å². The molecule has 7 nitrogen and oxygen atoms in total. The maximum atomic E-state index is 13.7. The number of amides is 1. The Morgan fingerprint density at radius 2 is 1.80 bits per heavy atom. The largest absolute Gasteiger partial charge is 0.507 e. The summed E-state index contributed by atoms with van der Waals surface area (Å²) in [4.78, 5) is 15.4. The predicted molar refractivity (Wildman–Crippen MR) is 135 cm³/mol. The summed E-state index contributed by atoms with van der Waals surface area (Å²) < 4.78 is 24.7. The van der Waals surface area contributed by atoms with E-state index in [-0.39, 0.29) is 28.6 Å². The lowest BCUT2D eigenvalue weighted by molar-refractivity contribution is 0.0677. The van der Waals surface area contributed by atoms with Crippen LogP contribution in [0.25, 0.3) is 11.3 Å². The molecule has 2 atom stereocenters. The average Bonchev–Trinajstić information content (AvgIpc) is 3.43. The molecular weight excluding hydrogens is 462 g/mol. The van der Waals surface area contributed by atoms with Gasteiger partial charge in [0.2, 0.25) is 0 Å². The van der Waals surface area contributed by atoms with Gasteiger partial charge in [0.15, 0.2) is 9.84 Å². The zero-order chi connectivity index (χ0) is 25.3. The van der Waals surface area contributed by atoms with Crippen molar-refractivity contribution in [2.75, 3.05) is 11.5 Å². The highest BCUT2D eigenvalue weighted by atomic mass is 32.2. The number of nitrogens with one attached hydrogen (secondary N) is 1. The molecule has 1 aromatic heterocycles. The topological polar surface area (TPSA) is 103 Å². The Kier molecular flexibility index (Phi) is 5.36. The third kappa shape index (κ3) is 3.93. The number of hydrogen-bond acceptors (Lipinski definition) is 5. The molecule has 2 aliphatic heterocycles. The van der Waals surface area contributed by atoms with Crippen molar-refractivity contribution >= 4 is 15.7 Å². The number of benzene rings is 2. The van der Waals surface area contributed by atoms with Crippen LogP contribution in [0.4, 0.5) is 0 Å². The van der Waals surface area contributed by atoms with Gasteiger partial charge in [0.1, 0.15) is 17.1 Å². The second-order valence-corrected chi connectivity index (χ2v) is 13.1. The number of fused-ring (bicyclic) bond motifs is 1. The van der Waals surface area contributed by atoms with Gasteiger partial charge >= 0.3 is 0 Å². The Balaban J connectivity index is 1.70. The van der Waals surface area contributed by atoms with E-state index >= 15 is 0 Å². The average molecular weight is 494 g/mol. The maximum Gasteiger partial charge on any atom is 0.273 e. The SMILES string of the molecule is Cc1cc(C)c(O)c(-c2n[nH]c3c2C(c2ccc(C(C)(C)C)cc2)N(C2CCS(=O)(=O)C2)C3=O)c1. The van der Waals surface area contributed by atoms with Crippen molar-refractivity contribution in [2.24, 2.45) is 0 Å². The zero-order valence-electron chi connectivity index (χ0n) is 20.7. The van der Waals surface area contributed by atoms with E-state index in [0.717, 1.165) is 16.7 Å². The van der Waals surface area contributed by atoms with Crippen LogP contribution in [-0.4, -0.2) is 52.1 Å². The van der Waals surface area contributed by atoms with Gasteiger partial charge in [-0.2, -0.15) is 5.10 Å². The van der Waals surface area contributed by atoms with Crippen LogP contribution < -0.4 is 0 Å². The number of carbonyl (C=O) groups is 1. The van der Waals surface area contributed by atoms with E-state index in [0.29, 0.717) is 28.9 Å². The monoisotopic (exact) mass is 493 g/mol. The van der Waals surface area contributed by atoms with Crippen LogP contribution in [0.1, 0.15) is 71.5 Å². The molecule has 3 heterocycles. The maximum absolute atomic E-state index is 13.7. The van der Waals surface area contributed by atoms with Crippen LogP contribution in [-0.2, 0) is 15.3 Å². The van der Waals surface area contributed by atoms with Crippen molar-refractivity contribution in [3.8, 4) is 17.0 Å². The van der Waals surface area contributed by atoms with Gasteiger partial charge in [-0.25, -0.2) is 8.42 Å². The number of aryl methyl sites for hydroxylation is 2. The minimum atomic E-state index is -3.20. The fourth-order valence-electron chi connectivity index (χ4n) is 5.38. The van der Waals surface area contributed by atoms with Crippen molar-refractivity contribution in [3.05, 3.63) is 69.9 Å². The Bertz CT molecular complexity index is 1430. The van der Waals surface area contributed by atoms with Gasteiger partial charge < -0.3 is 10.0 Å². The summed E-state index contributed by atoms with van der Waals surface area (Å²) in [6, 6.07) is 11.0. The highest BCUT2D eigenvalue weighted by molar-refractivity contribution is 7.91. The molecule has 3 aromatic rings. The number of rotatable bonds is 3. The van der Waals surface area contributed by atoms with E-state index in [1.807, 2.05) is 38.1 Å². The van der Waals surface area contributed by atoms with Gasteiger partial charge in [-0.3, -0.25) is 9.89 Å². The Morgan fingerprint density at radius 3 is 2.40 bits per heavy atom. The first-order valence-electron chi connectivity index (χ1n) is 11.9. The first kappa shape index (κ1) is 23.6. The fourth-order valence-corrected chi connectivity index (χ4v) is 7.09. The first-order chi connectivity index (χ1) is 16.4. The number of H-pyrrole nitrogens is 1. The second-order valence-electron chi connectivity index (χ2n) is 10.9. The van der Waals surface area contributed by atoms with Crippen molar-refractivity contribution in [2.45, 2.75) is 58.5 Å². The number of phenolic OH excluding ortho intramolecular Hbond substituents is 1. The normalized spacial score (nSPS) is 21.5. The van der Waals surface area contributed by atoms with Gasteiger partial charge in [0, 0.05) is 17.2 Å². The number of hydrogen-bond donors (Lipinski definition) is 2. The molecule has 0 aliphatic carbocycles. The predicted octanol–water partition coefficient (Wildman–Crippen LogP) is 4.43. The Morgan fingerprint density at radius 1 is 1.11 bits per heavy atom. The van der Waals surface area contributed by atoms with Crippen molar-refractivity contribution in [1.29, 1.82) is 0 Å². The summed E-state index contributed by atoms with van der Waals surface area (Å²) in [5.41, 5.74) is 5.85. The summed E-state index contributed by atoms with van der Waals surface area (Å²) >= 11 is 0. The summed E-state index contributed by atoms with van der Waals surface area (Å²) in [5.74, 6) is -0.0961. The second kappa shape index (κ2) is 7.95. The molecular formula is C27H31N3O4S. The lowest BCUT2D eigenvalue weighted by Gasteiger charge is -2.31. The number of aromatic nitrogens is 2. The molecule has 0 bridgehead atoms. The summed E-state index contributed by atoms with van der Waals surface area (Å²) in [6.45, 7) is 10.2. The zero-order valence-corrected chi connectivity index (χ0v) is 21.5. The van der Waals surface area contributed by atoms with Crippen LogP contribution in [0.2, 0.25) is 0 Å². The molecule has 1 amide bonds. The first-order valence-corrected chi connectivity index (χ1v) is 13.7. The van der Waals surface area contributed by atoms with E-state index in [2.05, 4.69) is 43.1 Å². The molecule has 5 rings (SSSR count). The van der Waals surface area contributed by atoms with Crippen LogP contribution in [0.15, 0.2) is 36.4 Å². The van der Waals surface area contributed by atoms with Gasteiger partial charge in [-0.1, -0.05) is 51.1 Å². The smallest absolute Gasteiger partial charge is 0.273 e. The molecule has 0 radical (unpaired) electrons. The van der Waals surface area contributed by atoms with Gasteiger partial charge in [-0.05, 0) is 54.0 Å². The van der Waals surface area contributed by atoms with Gasteiger partial charge in [0.25, 0.3) is 5.91 Å². The lowest BCUT2D eigenvalue weighted by Crippen LogP contribution is -2.40. The van der Waals surface area contributed by atoms with Crippen molar-refractivity contribution in [3.63, 3.8) is 0 Å².